The van der Waals surface area contributed by atoms with Crippen molar-refractivity contribution in [2.45, 2.75) is 12.7 Å². The van der Waals surface area contributed by atoms with Gasteiger partial charge in [0.15, 0.2) is 5.79 Å². The van der Waals surface area contributed by atoms with Gasteiger partial charge in [-0.3, -0.25) is 11.1 Å². The third-order valence-electron chi connectivity index (χ3n) is 0.972. The molecule has 0 aromatic rings. The summed E-state index contributed by atoms with van der Waals surface area (Å²) in [6, 6.07) is 0. The highest BCUT2D eigenvalue weighted by Crippen LogP contribution is 1.93. The molecule has 0 saturated carbocycles. The average Bonchev–Trinajstić information content (AvgIpc) is 1.65. The molecule has 4 heteroatoms. The van der Waals surface area contributed by atoms with Crippen LogP contribution >= 0.6 is 0 Å². The van der Waals surface area contributed by atoms with E-state index in [0.29, 0.717) is 6.67 Å². The average molecular weight is 114 g/mol. The van der Waals surface area contributed by atoms with Crippen LogP contribution in [0.5, 0.6) is 0 Å². The van der Waals surface area contributed by atoms with E-state index in [1.165, 1.54) is 0 Å². The standard InChI is InChI=1S/C4H10N4/c1-4(5)7-2-6-3-8-4/h2,8H,3,5H2,1H3,(H,6,7). The quantitative estimate of drug-likeness (QED) is 0.370. The summed E-state index contributed by atoms with van der Waals surface area (Å²) in [6.07, 6.45) is 1.61. The van der Waals surface area contributed by atoms with Crippen molar-refractivity contribution < 1.29 is 0 Å². The SMILES string of the molecule is CC1(N)N=CNCN1. The Balaban J connectivity index is 2.56. The molecule has 0 aromatic carbocycles. The van der Waals surface area contributed by atoms with Crippen molar-refractivity contribution in [3.05, 3.63) is 0 Å². The van der Waals surface area contributed by atoms with E-state index in [1.807, 2.05) is 6.92 Å². The van der Waals surface area contributed by atoms with Gasteiger partial charge >= 0.3 is 0 Å². The van der Waals surface area contributed by atoms with Crippen molar-refractivity contribution >= 4 is 6.34 Å². The van der Waals surface area contributed by atoms with Crippen molar-refractivity contribution in [3.63, 3.8) is 0 Å². The number of aliphatic imine (C=N–C) groups is 1. The van der Waals surface area contributed by atoms with E-state index >= 15 is 0 Å². The molecule has 0 bridgehead atoms. The molecule has 1 heterocycles. The molecule has 4 nitrogen and oxygen atoms in total. The molecule has 0 aromatic heterocycles. The van der Waals surface area contributed by atoms with Gasteiger partial charge in [-0.05, 0) is 6.92 Å². The molecule has 1 aliphatic rings. The first-order valence-corrected chi connectivity index (χ1v) is 2.52. The summed E-state index contributed by atoms with van der Waals surface area (Å²) >= 11 is 0. The fourth-order valence-electron chi connectivity index (χ4n) is 0.501. The van der Waals surface area contributed by atoms with Gasteiger partial charge in [0.25, 0.3) is 0 Å². The molecular formula is C4H10N4. The minimum absolute atomic E-state index is 0.564. The number of nitrogens with two attached hydrogens (primary N) is 1. The number of hydrogen-bond donors (Lipinski definition) is 3. The predicted molar refractivity (Wildman–Crippen MR) is 32.2 cm³/mol. The van der Waals surface area contributed by atoms with Crippen molar-refractivity contribution in [2.75, 3.05) is 6.67 Å². The summed E-state index contributed by atoms with van der Waals surface area (Å²) in [4.78, 5) is 3.89. The van der Waals surface area contributed by atoms with E-state index < -0.39 is 5.79 Å². The lowest BCUT2D eigenvalue weighted by molar-refractivity contribution is 0.367. The molecule has 46 valence electrons. The first-order valence-electron chi connectivity index (χ1n) is 2.52. The summed E-state index contributed by atoms with van der Waals surface area (Å²) in [5.74, 6) is -0.564. The third-order valence-corrected chi connectivity index (χ3v) is 0.972. The molecule has 1 unspecified atom stereocenters. The van der Waals surface area contributed by atoms with E-state index in [0.717, 1.165) is 0 Å². The van der Waals surface area contributed by atoms with E-state index in [2.05, 4.69) is 15.6 Å². The molecule has 1 atom stereocenters. The fraction of sp³-hybridized carbons (Fsp3) is 0.750. The molecule has 0 amide bonds. The maximum Gasteiger partial charge on any atom is 0.162 e. The van der Waals surface area contributed by atoms with Crippen LogP contribution in [0.25, 0.3) is 0 Å². The Bertz CT molecular complexity index is 107. The second kappa shape index (κ2) is 1.72. The minimum Gasteiger partial charge on any atom is -0.364 e. The van der Waals surface area contributed by atoms with E-state index in [1.54, 1.807) is 6.34 Å². The summed E-state index contributed by atoms with van der Waals surface area (Å²) in [6.45, 7) is 2.50. The van der Waals surface area contributed by atoms with Gasteiger partial charge in [0.1, 0.15) is 0 Å². The molecule has 0 fully saturated rings. The number of nitrogens with one attached hydrogen (secondary N) is 2. The number of rotatable bonds is 0. The van der Waals surface area contributed by atoms with Gasteiger partial charge in [0.05, 0.1) is 13.0 Å². The molecule has 1 rings (SSSR count). The van der Waals surface area contributed by atoms with Gasteiger partial charge in [-0.2, -0.15) is 0 Å². The molecule has 1 aliphatic heterocycles. The number of nitrogens with zero attached hydrogens (tertiary/aromatic N) is 1. The molecular weight excluding hydrogens is 104 g/mol. The summed E-state index contributed by atoms with van der Waals surface area (Å²) in [5.41, 5.74) is 5.53. The molecule has 0 aliphatic carbocycles. The summed E-state index contributed by atoms with van der Waals surface area (Å²) < 4.78 is 0. The van der Waals surface area contributed by atoms with E-state index in [-0.39, 0.29) is 0 Å². The van der Waals surface area contributed by atoms with Crippen molar-refractivity contribution in [1.29, 1.82) is 0 Å². The van der Waals surface area contributed by atoms with Crippen molar-refractivity contribution in [3.8, 4) is 0 Å². The monoisotopic (exact) mass is 114 g/mol. The van der Waals surface area contributed by atoms with Gasteiger partial charge in [-0.25, -0.2) is 4.99 Å². The van der Waals surface area contributed by atoms with Crippen LogP contribution in [0.2, 0.25) is 0 Å². The zero-order valence-corrected chi connectivity index (χ0v) is 4.81. The van der Waals surface area contributed by atoms with Crippen LogP contribution in [0.3, 0.4) is 0 Å². The van der Waals surface area contributed by atoms with Crippen LogP contribution in [0.1, 0.15) is 6.92 Å². The molecule has 4 N–H and O–H groups in total. The molecule has 0 radical (unpaired) electrons. The number of hydrogen-bond acceptors (Lipinski definition) is 4. The highest BCUT2D eigenvalue weighted by molar-refractivity contribution is 5.55. The Morgan fingerprint density at radius 3 is 2.88 bits per heavy atom. The van der Waals surface area contributed by atoms with Crippen molar-refractivity contribution in [2.24, 2.45) is 10.7 Å². The Kier molecular flexibility index (Phi) is 1.19. The van der Waals surface area contributed by atoms with Crippen LogP contribution in [0.4, 0.5) is 0 Å². The normalized spacial score (nSPS) is 36.8. The second-order valence-corrected chi connectivity index (χ2v) is 1.96. The smallest absolute Gasteiger partial charge is 0.162 e. The zero-order valence-electron chi connectivity index (χ0n) is 4.81. The highest BCUT2D eigenvalue weighted by Gasteiger charge is 2.15. The van der Waals surface area contributed by atoms with Crippen LogP contribution in [0.15, 0.2) is 4.99 Å². The van der Waals surface area contributed by atoms with Crippen LogP contribution in [-0.4, -0.2) is 18.8 Å². The van der Waals surface area contributed by atoms with Gasteiger partial charge < -0.3 is 5.32 Å². The maximum absolute atomic E-state index is 5.53. The Morgan fingerprint density at radius 2 is 2.62 bits per heavy atom. The maximum atomic E-state index is 5.53. The predicted octanol–water partition coefficient (Wildman–Crippen LogP) is -1.20. The second-order valence-electron chi connectivity index (χ2n) is 1.96. The molecule has 8 heavy (non-hydrogen) atoms. The highest BCUT2D eigenvalue weighted by atomic mass is 15.3. The van der Waals surface area contributed by atoms with Gasteiger partial charge in [-0.15, -0.1) is 0 Å². The first kappa shape index (κ1) is 5.53. The lowest BCUT2D eigenvalue weighted by Gasteiger charge is -2.24. The Hall–Kier alpha value is -0.610. The zero-order chi connectivity index (χ0) is 6.04. The van der Waals surface area contributed by atoms with E-state index in [9.17, 15) is 0 Å². The largest absolute Gasteiger partial charge is 0.364 e. The van der Waals surface area contributed by atoms with Gasteiger partial charge in [-0.1, -0.05) is 0 Å². The minimum atomic E-state index is -0.564. The lowest BCUT2D eigenvalue weighted by atomic mass is 10.4. The van der Waals surface area contributed by atoms with Crippen LogP contribution in [0, 0.1) is 0 Å². The van der Waals surface area contributed by atoms with E-state index in [4.69, 9.17) is 5.73 Å². The summed E-state index contributed by atoms with van der Waals surface area (Å²) in [7, 11) is 0. The first-order chi connectivity index (χ1) is 3.71. The van der Waals surface area contributed by atoms with Crippen LogP contribution in [-0.2, 0) is 0 Å². The van der Waals surface area contributed by atoms with Crippen molar-refractivity contribution in [1.82, 2.24) is 10.6 Å². The lowest BCUT2D eigenvalue weighted by Crippen LogP contribution is -2.55. The topological polar surface area (TPSA) is 62.4 Å². The van der Waals surface area contributed by atoms with Crippen LogP contribution < -0.4 is 16.4 Å². The third kappa shape index (κ3) is 1.18. The Labute approximate surface area is 48.2 Å². The Morgan fingerprint density at radius 1 is 1.88 bits per heavy atom. The molecule has 0 spiro atoms. The van der Waals surface area contributed by atoms with Gasteiger partial charge in [0, 0.05) is 0 Å². The summed E-state index contributed by atoms with van der Waals surface area (Å²) in [5, 5.41) is 5.78. The fourth-order valence-corrected chi connectivity index (χ4v) is 0.501. The van der Waals surface area contributed by atoms with Gasteiger partial charge in [0.2, 0.25) is 0 Å². The molecule has 0 saturated heterocycles.